The Morgan fingerprint density at radius 2 is 1.77 bits per heavy atom. The molecule has 5 rings (SSSR count). The lowest BCUT2D eigenvalue weighted by molar-refractivity contribution is 1.06. The van der Waals surface area contributed by atoms with Gasteiger partial charge in [0.2, 0.25) is 0 Å². The number of imidazole rings is 1. The van der Waals surface area contributed by atoms with Crippen LogP contribution in [0.15, 0.2) is 90.2 Å². The highest BCUT2D eigenvalue weighted by molar-refractivity contribution is 5.73. The molecule has 0 bridgehead atoms. The van der Waals surface area contributed by atoms with Crippen LogP contribution in [0.2, 0.25) is 0 Å². The summed E-state index contributed by atoms with van der Waals surface area (Å²) < 4.78 is 2.07. The highest BCUT2D eigenvalue weighted by atomic mass is 16.1. The SMILES string of the molecule is CCc1cc(-c2ccn3c(-c4ccnc(-c5ccccc5)c4)cnc3c2)c[nH]c1=O. The maximum Gasteiger partial charge on any atom is 0.251 e. The minimum Gasteiger partial charge on any atom is -0.328 e. The minimum atomic E-state index is -0.0302. The van der Waals surface area contributed by atoms with Gasteiger partial charge in [0.05, 0.1) is 17.6 Å². The van der Waals surface area contributed by atoms with Crippen LogP contribution in [0.1, 0.15) is 12.5 Å². The predicted molar refractivity (Wildman–Crippen MR) is 119 cm³/mol. The molecular formula is C25H20N4O. The van der Waals surface area contributed by atoms with Crippen molar-refractivity contribution in [2.75, 3.05) is 0 Å². The Kier molecular flexibility index (Phi) is 4.48. The molecule has 1 aromatic carbocycles. The molecular weight excluding hydrogens is 372 g/mol. The van der Waals surface area contributed by atoms with E-state index in [1.807, 2.05) is 68.0 Å². The Hall–Kier alpha value is -3.99. The van der Waals surface area contributed by atoms with Crippen molar-refractivity contribution in [3.05, 3.63) is 101 Å². The third-order valence-corrected chi connectivity index (χ3v) is 5.33. The van der Waals surface area contributed by atoms with E-state index in [0.29, 0.717) is 6.42 Å². The fourth-order valence-corrected chi connectivity index (χ4v) is 3.69. The number of hydrogen-bond acceptors (Lipinski definition) is 3. The molecule has 146 valence electrons. The van der Waals surface area contributed by atoms with Gasteiger partial charge in [-0.15, -0.1) is 0 Å². The molecule has 0 amide bonds. The molecule has 4 aromatic heterocycles. The average molecular weight is 392 g/mol. The molecule has 5 nitrogen and oxygen atoms in total. The summed E-state index contributed by atoms with van der Waals surface area (Å²) >= 11 is 0. The zero-order valence-corrected chi connectivity index (χ0v) is 16.5. The lowest BCUT2D eigenvalue weighted by Gasteiger charge is -2.07. The van der Waals surface area contributed by atoms with Gasteiger partial charge < -0.3 is 4.98 Å². The molecule has 0 spiro atoms. The van der Waals surface area contributed by atoms with Crippen LogP contribution in [0.3, 0.4) is 0 Å². The van der Waals surface area contributed by atoms with Crippen molar-refractivity contribution in [1.29, 1.82) is 0 Å². The van der Waals surface area contributed by atoms with Gasteiger partial charge in [-0.1, -0.05) is 37.3 Å². The predicted octanol–water partition coefficient (Wildman–Crippen LogP) is 4.98. The third kappa shape index (κ3) is 3.20. The van der Waals surface area contributed by atoms with Crippen molar-refractivity contribution < 1.29 is 0 Å². The number of hydrogen-bond donors (Lipinski definition) is 1. The smallest absolute Gasteiger partial charge is 0.251 e. The first-order valence-electron chi connectivity index (χ1n) is 9.94. The van der Waals surface area contributed by atoms with Gasteiger partial charge in [0.15, 0.2) is 0 Å². The van der Waals surface area contributed by atoms with Gasteiger partial charge in [0.1, 0.15) is 5.65 Å². The molecule has 0 atom stereocenters. The Morgan fingerprint density at radius 1 is 0.900 bits per heavy atom. The molecule has 30 heavy (non-hydrogen) atoms. The normalized spacial score (nSPS) is 11.1. The highest BCUT2D eigenvalue weighted by Gasteiger charge is 2.10. The first-order chi connectivity index (χ1) is 14.7. The maximum absolute atomic E-state index is 11.9. The van der Waals surface area contributed by atoms with Crippen LogP contribution in [-0.4, -0.2) is 19.4 Å². The molecule has 0 aliphatic carbocycles. The minimum absolute atomic E-state index is 0.0302. The lowest BCUT2D eigenvalue weighted by Crippen LogP contribution is -2.10. The van der Waals surface area contributed by atoms with Crippen molar-refractivity contribution in [2.24, 2.45) is 0 Å². The van der Waals surface area contributed by atoms with Crippen molar-refractivity contribution in [3.8, 4) is 33.6 Å². The van der Waals surface area contributed by atoms with Crippen molar-refractivity contribution >= 4 is 5.65 Å². The summed E-state index contributed by atoms with van der Waals surface area (Å²) in [6, 6.07) is 20.3. The molecule has 0 aliphatic rings. The van der Waals surface area contributed by atoms with E-state index in [4.69, 9.17) is 0 Å². The standard InChI is InChI=1S/C25H20N4O/c1-2-17-12-21(15-28-25(17)30)19-9-11-29-23(16-27-24(29)14-19)20-8-10-26-22(13-20)18-6-4-3-5-7-18/h3-16H,2H2,1H3,(H,28,30). The lowest BCUT2D eigenvalue weighted by atomic mass is 10.1. The second-order valence-electron chi connectivity index (χ2n) is 7.18. The van der Waals surface area contributed by atoms with Crippen LogP contribution in [0, 0.1) is 0 Å². The van der Waals surface area contributed by atoms with E-state index in [2.05, 4.69) is 37.6 Å². The van der Waals surface area contributed by atoms with E-state index in [-0.39, 0.29) is 5.56 Å². The van der Waals surface area contributed by atoms with E-state index in [1.54, 1.807) is 6.20 Å². The monoisotopic (exact) mass is 392 g/mol. The largest absolute Gasteiger partial charge is 0.328 e. The second-order valence-corrected chi connectivity index (χ2v) is 7.18. The number of H-pyrrole nitrogens is 1. The maximum atomic E-state index is 11.9. The van der Waals surface area contributed by atoms with Crippen molar-refractivity contribution in [2.45, 2.75) is 13.3 Å². The van der Waals surface area contributed by atoms with Crippen LogP contribution >= 0.6 is 0 Å². The zero-order chi connectivity index (χ0) is 20.5. The molecule has 0 unspecified atom stereocenters. The molecule has 5 heteroatoms. The summed E-state index contributed by atoms with van der Waals surface area (Å²) in [4.78, 5) is 23.8. The average Bonchev–Trinajstić information content (AvgIpc) is 3.23. The van der Waals surface area contributed by atoms with Crippen LogP contribution in [0.4, 0.5) is 0 Å². The van der Waals surface area contributed by atoms with Gasteiger partial charge in [-0.05, 0) is 47.9 Å². The van der Waals surface area contributed by atoms with Crippen LogP contribution in [0.25, 0.3) is 39.3 Å². The summed E-state index contributed by atoms with van der Waals surface area (Å²) in [7, 11) is 0. The Bertz CT molecular complexity index is 1400. The van der Waals surface area contributed by atoms with Gasteiger partial charge in [-0.2, -0.15) is 0 Å². The van der Waals surface area contributed by atoms with E-state index >= 15 is 0 Å². The Morgan fingerprint density at radius 3 is 2.60 bits per heavy atom. The van der Waals surface area contributed by atoms with Crippen LogP contribution in [-0.2, 0) is 6.42 Å². The van der Waals surface area contributed by atoms with Crippen LogP contribution in [0.5, 0.6) is 0 Å². The van der Waals surface area contributed by atoms with Gasteiger partial charge in [0.25, 0.3) is 5.56 Å². The van der Waals surface area contributed by atoms with Crippen molar-refractivity contribution in [1.82, 2.24) is 19.4 Å². The number of fused-ring (bicyclic) bond motifs is 1. The molecule has 0 aliphatic heterocycles. The van der Waals surface area contributed by atoms with E-state index in [1.165, 1.54) is 0 Å². The highest BCUT2D eigenvalue weighted by Crippen LogP contribution is 2.27. The molecule has 0 radical (unpaired) electrons. The summed E-state index contributed by atoms with van der Waals surface area (Å²) in [6.07, 6.45) is 8.19. The molecule has 1 N–H and O–H groups in total. The van der Waals surface area contributed by atoms with E-state index < -0.39 is 0 Å². The van der Waals surface area contributed by atoms with Gasteiger partial charge in [-0.25, -0.2) is 4.98 Å². The second kappa shape index (κ2) is 7.44. The first kappa shape index (κ1) is 18.1. The molecule has 4 heterocycles. The number of nitrogens with zero attached hydrogens (tertiary/aromatic N) is 3. The fraction of sp³-hybridized carbons (Fsp3) is 0.0800. The topological polar surface area (TPSA) is 63.1 Å². The first-order valence-corrected chi connectivity index (χ1v) is 9.94. The molecule has 0 fully saturated rings. The molecule has 0 saturated heterocycles. The Balaban J connectivity index is 1.56. The molecule has 0 saturated carbocycles. The number of nitrogens with one attached hydrogen (secondary N) is 1. The fourth-order valence-electron chi connectivity index (χ4n) is 3.69. The summed E-state index contributed by atoms with van der Waals surface area (Å²) in [6.45, 7) is 1.98. The van der Waals surface area contributed by atoms with Gasteiger partial charge >= 0.3 is 0 Å². The third-order valence-electron chi connectivity index (χ3n) is 5.33. The van der Waals surface area contributed by atoms with Gasteiger partial charge in [-0.3, -0.25) is 14.2 Å². The number of aromatic amines is 1. The summed E-state index contributed by atoms with van der Waals surface area (Å²) in [5.41, 5.74) is 7.68. The quantitative estimate of drug-likeness (QED) is 0.469. The van der Waals surface area contributed by atoms with Gasteiger partial charge in [0, 0.05) is 35.3 Å². The van der Waals surface area contributed by atoms with E-state index in [9.17, 15) is 4.79 Å². The summed E-state index contributed by atoms with van der Waals surface area (Å²) in [5, 5.41) is 0. The molecule has 5 aromatic rings. The number of benzene rings is 1. The van der Waals surface area contributed by atoms with Crippen molar-refractivity contribution in [3.63, 3.8) is 0 Å². The number of aromatic nitrogens is 4. The number of pyridine rings is 3. The zero-order valence-electron chi connectivity index (χ0n) is 16.5. The number of aryl methyl sites for hydroxylation is 1. The number of rotatable bonds is 4. The van der Waals surface area contributed by atoms with Crippen LogP contribution < -0.4 is 5.56 Å². The Labute approximate surface area is 173 Å². The summed E-state index contributed by atoms with van der Waals surface area (Å²) in [5.74, 6) is 0. The van der Waals surface area contributed by atoms with E-state index in [0.717, 1.165) is 44.9 Å².